The topological polar surface area (TPSA) is 82.6 Å². The van der Waals surface area contributed by atoms with E-state index in [2.05, 4.69) is 18.7 Å². The fourth-order valence-corrected chi connectivity index (χ4v) is 6.52. The van der Waals surface area contributed by atoms with Crippen LogP contribution in [0.15, 0.2) is 66.7 Å². The van der Waals surface area contributed by atoms with Crippen LogP contribution in [-0.4, -0.2) is 91.4 Å². The Labute approximate surface area is 279 Å². The average molecular weight is 641 g/mol. The third-order valence-corrected chi connectivity index (χ3v) is 9.18. The molecule has 0 N–H and O–H groups in total. The second kappa shape index (κ2) is 16.0. The van der Waals surface area contributed by atoms with Crippen LogP contribution in [0.1, 0.15) is 60.2 Å². The van der Waals surface area contributed by atoms with E-state index in [0.717, 1.165) is 54.1 Å². The summed E-state index contributed by atoms with van der Waals surface area (Å²) in [5.41, 5.74) is 4.23. The number of rotatable bonds is 9. The SMILES string of the molecule is COc1ccc(CC(=O)N2CCCN(C(C)C)CCN(C(=O)c3ccccc3OCCN3CCCC3=O)Cc3cccc(C)c32)cc1. The Morgan fingerprint density at radius 2 is 1.66 bits per heavy atom. The molecule has 2 aliphatic heterocycles. The van der Waals surface area contributed by atoms with Crippen LogP contribution in [0.2, 0.25) is 0 Å². The minimum atomic E-state index is -0.121. The zero-order valence-electron chi connectivity index (χ0n) is 28.2. The molecule has 0 radical (unpaired) electrons. The first kappa shape index (κ1) is 34.0. The Morgan fingerprint density at radius 1 is 0.872 bits per heavy atom. The summed E-state index contributed by atoms with van der Waals surface area (Å²) in [6, 6.07) is 21.3. The number of methoxy groups -OCH3 is 1. The first-order chi connectivity index (χ1) is 22.7. The van der Waals surface area contributed by atoms with E-state index < -0.39 is 0 Å². The van der Waals surface area contributed by atoms with Gasteiger partial charge in [-0.05, 0) is 74.6 Å². The molecule has 2 aliphatic rings. The number of benzene rings is 3. The highest BCUT2D eigenvalue weighted by atomic mass is 16.5. The Balaban J connectivity index is 1.43. The van der Waals surface area contributed by atoms with Gasteiger partial charge in [-0.15, -0.1) is 0 Å². The van der Waals surface area contributed by atoms with Crippen LogP contribution in [0.5, 0.6) is 11.5 Å². The summed E-state index contributed by atoms with van der Waals surface area (Å²) in [4.78, 5) is 48.6. The Morgan fingerprint density at radius 3 is 2.38 bits per heavy atom. The van der Waals surface area contributed by atoms with Crippen molar-refractivity contribution in [3.8, 4) is 11.5 Å². The van der Waals surface area contributed by atoms with Crippen molar-refractivity contribution in [3.63, 3.8) is 0 Å². The van der Waals surface area contributed by atoms with Crippen molar-refractivity contribution < 1.29 is 23.9 Å². The number of para-hydroxylation sites is 2. The number of anilines is 1. The Kier molecular flexibility index (Phi) is 11.5. The smallest absolute Gasteiger partial charge is 0.257 e. The molecular formula is C38H48N4O5. The summed E-state index contributed by atoms with van der Waals surface area (Å²) in [5, 5.41) is 0. The predicted molar refractivity (Wildman–Crippen MR) is 184 cm³/mol. The van der Waals surface area contributed by atoms with Crippen molar-refractivity contribution in [3.05, 3.63) is 89.0 Å². The molecule has 0 bridgehead atoms. The lowest BCUT2D eigenvalue weighted by atomic mass is 10.0. The van der Waals surface area contributed by atoms with E-state index in [1.807, 2.05) is 88.4 Å². The molecule has 0 spiro atoms. The largest absolute Gasteiger partial charge is 0.497 e. The number of fused-ring (bicyclic) bond motifs is 1. The molecule has 3 amide bonds. The van der Waals surface area contributed by atoms with Gasteiger partial charge < -0.3 is 24.2 Å². The molecule has 0 aromatic heterocycles. The number of nitrogens with zero attached hydrogens (tertiary/aromatic N) is 4. The molecule has 9 heteroatoms. The van der Waals surface area contributed by atoms with Gasteiger partial charge >= 0.3 is 0 Å². The van der Waals surface area contributed by atoms with Gasteiger partial charge in [0.15, 0.2) is 0 Å². The molecular weight excluding hydrogens is 592 g/mol. The molecule has 5 rings (SSSR count). The van der Waals surface area contributed by atoms with E-state index in [0.29, 0.717) is 57.1 Å². The van der Waals surface area contributed by atoms with Gasteiger partial charge in [0, 0.05) is 51.7 Å². The number of carbonyl (C=O) groups is 3. The lowest BCUT2D eigenvalue weighted by Gasteiger charge is -2.30. The minimum absolute atomic E-state index is 0.0224. The number of carbonyl (C=O) groups excluding carboxylic acids is 3. The summed E-state index contributed by atoms with van der Waals surface area (Å²) < 4.78 is 11.4. The normalized spacial score (nSPS) is 16.2. The van der Waals surface area contributed by atoms with E-state index >= 15 is 0 Å². The van der Waals surface area contributed by atoms with Crippen LogP contribution in [0.25, 0.3) is 0 Å². The number of aryl methyl sites for hydroxylation is 1. The van der Waals surface area contributed by atoms with E-state index in [4.69, 9.17) is 9.47 Å². The Bertz CT molecular complexity index is 1540. The fraction of sp³-hybridized carbons (Fsp3) is 0.447. The van der Waals surface area contributed by atoms with Crippen LogP contribution < -0.4 is 14.4 Å². The standard InChI is InChI=1S/C38H48N4O5/c1-28(2)39-20-9-21-42(36(44)26-30-15-17-32(46-4)18-16-30)37-29(3)10-7-11-31(37)27-41(23-22-39)38(45)33-12-5-6-13-34(33)47-25-24-40-19-8-14-35(40)43/h5-7,10-13,15-18,28H,8-9,14,19-27H2,1-4H3. The van der Waals surface area contributed by atoms with Gasteiger partial charge in [-0.3, -0.25) is 19.3 Å². The summed E-state index contributed by atoms with van der Waals surface area (Å²) in [7, 11) is 1.63. The highest BCUT2D eigenvalue weighted by Crippen LogP contribution is 2.30. The molecule has 3 aromatic rings. The second-order valence-corrected chi connectivity index (χ2v) is 12.7. The van der Waals surface area contributed by atoms with Crippen LogP contribution in [0, 0.1) is 6.92 Å². The maximum atomic E-state index is 14.4. The van der Waals surface area contributed by atoms with Gasteiger partial charge in [-0.25, -0.2) is 0 Å². The lowest BCUT2D eigenvalue weighted by molar-refractivity contribution is -0.128. The molecule has 0 aliphatic carbocycles. The van der Waals surface area contributed by atoms with Gasteiger partial charge in [0.1, 0.15) is 18.1 Å². The highest BCUT2D eigenvalue weighted by Gasteiger charge is 2.27. The van der Waals surface area contributed by atoms with Crippen LogP contribution in [0.3, 0.4) is 0 Å². The van der Waals surface area contributed by atoms with Crippen molar-refractivity contribution in [2.24, 2.45) is 0 Å². The quantitative estimate of drug-likeness (QED) is 0.314. The van der Waals surface area contributed by atoms with Gasteiger partial charge in [0.2, 0.25) is 11.8 Å². The number of hydrogen-bond acceptors (Lipinski definition) is 6. The second-order valence-electron chi connectivity index (χ2n) is 12.7. The lowest BCUT2D eigenvalue weighted by Crippen LogP contribution is -2.41. The maximum Gasteiger partial charge on any atom is 0.257 e. The molecule has 2 heterocycles. The number of ether oxygens (including phenoxy) is 2. The summed E-state index contributed by atoms with van der Waals surface area (Å²) in [6.07, 6.45) is 2.54. The molecule has 0 saturated carbocycles. The minimum Gasteiger partial charge on any atom is -0.497 e. The van der Waals surface area contributed by atoms with Gasteiger partial charge in [0.25, 0.3) is 5.91 Å². The van der Waals surface area contributed by atoms with Crippen molar-refractivity contribution >= 4 is 23.4 Å². The van der Waals surface area contributed by atoms with Crippen LogP contribution >= 0.6 is 0 Å². The molecule has 0 atom stereocenters. The fourth-order valence-electron chi connectivity index (χ4n) is 6.52. The summed E-state index contributed by atoms with van der Waals surface area (Å²) >= 11 is 0. The van der Waals surface area contributed by atoms with Crippen molar-refractivity contribution in [1.82, 2.24) is 14.7 Å². The van der Waals surface area contributed by atoms with E-state index in [1.165, 1.54) is 0 Å². The third kappa shape index (κ3) is 8.51. The van der Waals surface area contributed by atoms with Crippen LogP contribution in [0.4, 0.5) is 5.69 Å². The van der Waals surface area contributed by atoms with Gasteiger partial charge in [0.05, 0.1) is 31.3 Å². The van der Waals surface area contributed by atoms with Gasteiger partial charge in [-0.1, -0.05) is 42.5 Å². The average Bonchev–Trinajstić information content (AvgIpc) is 3.46. The molecule has 250 valence electrons. The van der Waals surface area contributed by atoms with Crippen LogP contribution in [-0.2, 0) is 22.6 Å². The van der Waals surface area contributed by atoms with Crippen molar-refractivity contribution in [2.75, 3.05) is 57.9 Å². The van der Waals surface area contributed by atoms with E-state index in [-0.39, 0.29) is 30.2 Å². The molecule has 0 unspecified atom stereocenters. The molecule has 1 saturated heterocycles. The van der Waals surface area contributed by atoms with Gasteiger partial charge in [-0.2, -0.15) is 0 Å². The third-order valence-electron chi connectivity index (χ3n) is 9.18. The summed E-state index contributed by atoms with van der Waals surface area (Å²) in [5.74, 6) is 1.32. The maximum absolute atomic E-state index is 14.4. The molecule has 47 heavy (non-hydrogen) atoms. The highest BCUT2D eigenvalue weighted by molar-refractivity contribution is 5.98. The first-order valence-electron chi connectivity index (χ1n) is 16.8. The number of likely N-dealkylation sites (tertiary alicyclic amines) is 1. The first-order valence-corrected chi connectivity index (χ1v) is 16.8. The van der Waals surface area contributed by atoms with E-state index in [1.54, 1.807) is 7.11 Å². The predicted octanol–water partition coefficient (Wildman–Crippen LogP) is 5.34. The zero-order valence-corrected chi connectivity index (χ0v) is 28.2. The molecule has 3 aromatic carbocycles. The number of amides is 3. The zero-order chi connectivity index (χ0) is 33.3. The molecule has 1 fully saturated rings. The Hall–Kier alpha value is -4.37. The number of hydrogen-bond donors (Lipinski definition) is 0. The molecule has 9 nitrogen and oxygen atoms in total. The van der Waals surface area contributed by atoms with E-state index in [9.17, 15) is 14.4 Å². The monoisotopic (exact) mass is 640 g/mol. The van der Waals surface area contributed by atoms with Crippen molar-refractivity contribution in [1.29, 1.82) is 0 Å². The van der Waals surface area contributed by atoms with Crippen molar-refractivity contribution in [2.45, 2.75) is 59.0 Å². The summed E-state index contributed by atoms with van der Waals surface area (Å²) in [6.45, 7) is 10.9.